The predicted molar refractivity (Wildman–Crippen MR) is 76.3 cm³/mol. The fraction of sp³-hybridized carbons (Fsp3) is 0.286. The van der Waals surface area contributed by atoms with Gasteiger partial charge in [-0.25, -0.2) is 0 Å². The van der Waals surface area contributed by atoms with Crippen molar-refractivity contribution in [1.82, 2.24) is 10.2 Å². The first-order chi connectivity index (χ1) is 9.63. The Morgan fingerprint density at radius 3 is 2.95 bits per heavy atom. The van der Waals surface area contributed by atoms with Crippen LogP contribution in [0.25, 0.3) is 0 Å². The van der Waals surface area contributed by atoms with Crippen LogP contribution in [0.5, 0.6) is 5.88 Å². The Labute approximate surface area is 120 Å². The molecule has 0 unspecified atom stereocenters. The van der Waals surface area contributed by atoms with Gasteiger partial charge in [-0.2, -0.15) is 5.26 Å². The molecular formula is C14H14N4OS. The molecule has 0 saturated heterocycles. The van der Waals surface area contributed by atoms with Crippen LogP contribution >= 0.6 is 11.3 Å². The fourth-order valence-corrected chi connectivity index (χ4v) is 3.29. The standard InChI is InChI=1S/C14H14N4OS/c1-7(2)12-11-10(9-4-3-5-20-9)8(6-15)13(16)19-14(11)18-17-12/h3-5,7,10H,16H2,1-2H3,(H,17,18)/t10-/m1/s1. The average Bonchev–Trinajstić information content (AvgIpc) is 3.05. The zero-order valence-corrected chi connectivity index (χ0v) is 12.0. The molecule has 0 fully saturated rings. The van der Waals surface area contributed by atoms with E-state index in [-0.39, 0.29) is 17.7 Å². The molecule has 0 radical (unpaired) electrons. The molecule has 3 heterocycles. The Bertz CT molecular complexity index is 706. The molecule has 3 rings (SSSR count). The van der Waals surface area contributed by atoms with E-state index in [9.17, 15) is 5.26 Å². The van der Waals surface area contributed by atoms with E-state index >= 15 is 0 Å². The van der Waals surface area contributed by atoms with E-state index in [1.54, 1.807) is 11.3 Å². The van der Waals surface area contributed by atoms with Crippen molar-refractivity contribution >= 4 is 11.3 Å². The molecule has 0 saturated carbocycles. The van der Waals surface area contributed by atoms with Gasteiger partial charge >= 0.3 is 0 Å². The number of nitriles is 1. The Balaban J connectivity index is 2.24. The number of thiophene rings is 1. The normalized spacial score (nSPS) is 17.8. The van der Waals surface area contributed by atoms with Crippen molar-refractivity contribution in [1.29, 1.82) is 5.26 Å². The number of hydrogen-bond donors (Lipinski definition) is 2. The number of hydrogen-bond acceptors (Lipinski definition) is 5. The van der Waals surface area contributed by atoms with Gasteiger partial charge in [0.2, 0.25) is 11.8 Å². The van der Waals surface area contributed by atoms with E-state index in [0.29, 0.717) is 11.5 Å². The summed E-state index contributed by atoms with van der Waals surface area (Å²) in [7, 11) is 0. The molecule has 0 amide bonds. The summed E-state index contributed by atoms with van der Waals surface area (Å²) in [5.74, 6) is 0.681. The lowest BCUT2D eigenvalue weighted by molar-refractivity contribution is 0.379. The third kappa shape index (κ3) is 1.79. The molecule has 5 nitrogen and oxygen atoms in total. The molecule has 3 N–H and O–H groups in total. The highest BCUT2D eigenvalue weighted by atomic mass is 32.1. The minimum Gasteiger partial charge on any atom is -0.420 e. The average molecular weight is 286 g/mol. The molecule has 0 bridgehead atoms. The minimum atomic E-state index is -0.195. The SMILES string of the molecule is CC(C)c1[nH]nc2c1[C@@H](c1cccs1)C(C#N)=C(N)O2. The Kier molecular flexibility index (Phi) is 2.99. The van der Waals surface area contributed by atoms with Gasteiger partial charge in [0, 0.05) is 10.6 Å². The number of aromatic amines is 1. The highest BCUT2D eigenvalue weighted by Crippen LogP contribution is 2.45. The highest BCUT2D eigenvalue weighted by Gasteiger charge is 2.36. The van der Waals surface area contributed by atoms with Gasteiger partial charge in [-0.1, -0.05) is 19.9 Å². The quantitative estimate of drug-likeness (QED) is 0.888. The second kappa shape index (κ2) is 4.69. The van der Waals surface area contributed by atoms with Crippen LogP contribution in [0.2, 0.25) is 0 Å². The molecule has 1 aliphatic rings. The summed E-state index contributed by atoms with van der Waals surface area (Å²) in [6.07, 6.45) is 0. The van der Waals surface area contributed by atoms with E-state index in [1.165, 1.54) is 0 Å². The Morgan fingerprint density at radius 2 is 2.35 bits per heavy atom. The summed E-state index contributed by atoms with van der Waals surface area (Å²) < 4.78 is 5.49. The molecule has 20 heavy (non-hydrogen) atoms. The smallest absolute Gasteiger partial charge is 0.244 e. The number of rotatable bonds is 2. The lowest BCUT2D eigenvalue weighted by atomic mass is 9.86. The van der Waals surface area contributed by atoms with Crippen molar-refractivity contribution < 1.29 is 4.74 Å². The Hall–Kier alpha value is -2.26. The van der Waals surface area contributed by atoms with Crippen molar-refractivity contribution in [3.8, 4) is 11.9 Å². The summed E-state index contributed by atoms with van der Waals surface area (Å²) in [5, 5.41) is 18.6. The van der Waals surface area contributed by atoms with E-state index in [4.69, 9.17) is 10.5 Å². The largest absolute Gasteiger partial charge is 0.420 e. The molecule has 1 aliphatic heterocycles. The van der Waals surface area contributed by atoms with Crippen LogP contribution < -0.4 is 10.5 Å². The van der Waals surface area contributed by atoms with Gasteiger partial charge in [-0.05, 0) is 17.4 Å². The third-order valence-electron chi connectivity index (χ3n) is 3.37. The summed E-state index contributed by atoms with van der Waals surface area (Å²) >= 11 is 1.60. The maximum atomic E-state index is 9.43. The van der Waals surface area contributed by atoms with Crippen molar-refractivity contribution in [3.05, 3.63) is 45.1 Å². The number of ether oxygens (including phenoxy) is 1. The lowest BCUT2D eigenvalue weighted by Crippen LogP contribution is -2.21. The minimum absolute atomic E-state index is 0.139. The van der Waals surface area contributed by atoms with Crippen molar-refractivity contribution in [2.75, 3.05) is 0 Å². The molecule has 102 valence electrons. The predicted octanol–water partition coefficient (Wildman–Crippen LogP) is 2.81. The molecule has 0 aromatic carbocycles. The summed E-state index contributed by atoms with van der Waals surface area (Å²) in [6, 6.07) is 6.16. The topological polar surface area (TPSA) is 87.7 Å². The van der Waals surface area contributed by atoms with Crippen LogP contribution in [0.3, 0.4) is 0 Å². The number of fused-ring (bicyclic) bond motifs is 1. The van der Waals surface area contributed by atoms with Gasteiger partial charge in [-0.3, -0.25) is 5.10 Å². The first-order valence-electron chi connectivity index (χ1n) is 6.32. The maximum absolute atomic E-state index is 9.43. The van der Waals surface area contributed by atoms with Gasteiger partial charge in [0.05, 0.1) is 11.5 Å². The van der Waals surface area contributed by atoms with Gasteiger partial charge in [0.15, 0.2) is 0 Å². The number of H-pyrrole nitrogens is 1. The van der Waals surface area contributed by atoms with Crippen molar-refractivity contribution in [2.45, 2.75) is 25.7 Å². The van der Waals surface area contributed by atoms with Gasteiger partial charge in [-0.15, -0.1) is 16.4 Å². The van der Waals surface area contributed by atoms with Gasteiger partial charge in [0.1, 0.15) is 11.6 Å². The number of nitrogens with two attached hydrogens (primary N) is 1. The van der Waals surface area contributed by atoms with E-state index in [0.717, 1.165) is 16.1 Å². The summed E-state index contributed by atoms with van der Waals surface area (Å²) in [5.41, 5.74) is 8.23. The first kappa shape index (κ1) is 12.8. The molecule has 2 aromatic rings. The second-order valence-electron chi connectivity index (χ2n) is 4.95. The van der Waals surface area contributed by atoms with Crippen LogP contribution in [0, 0.1) is 11.3 Å². The van der Waals surface area contributed by atoms with Crippen LogP contribution in [0.4, 0.5) is 0 Å². The summed E-state index contributed by atoms with van der Waals surface area (Å²) in [6.45, 7) is 4.15. The van der Waals surface area contributed by atoms with Crippen molar-refractivity contribution in [2.24, 2.45) is 5.73 Å². The van der Waals surface area contributed by atoms with Crippen LogP contribution in [-0.2, 0) is 0 Å². The monoisotopic (exact) mass is 286 g/mol. The number of allylic oxidation sites excluding steroid dienone is 1. The zero-order chi connectivity index (χ0) is 14.3. The van der Waals surface area contributed by atoms with E-state index < -0.39 is 0 Å². The van der Waals surface area contributed by atoms with Crippen LogP contribution in [-0.4, -0.2) is 10.2 Å². The number of nitrogens with zero attached hydrogens (tertiary/aromatic N) is 2. The highest BCUT2D eigenvalue weighted by molar-refractivity contribution is 7.10. The molecule has 6 heteroatoms. The van der Waals surface area contributed by atoms with Gasteiger partial charge < -0.3 is 10.5 Å². The third-order valence-corrected chi connectivity index (χ3v) is 4.31. The molecule has 0 aliphatic carbocycles. The molecule has 2 aromatic heterocycles. The van der Waals surface area contributed by atoms with Gasteiger partial charge in [0.25, 0.3) is 0 Å². The number of aromatic nitrogens is 2. The fourth-order valence-electron chi connectivity index (χ4n) is 2.45. The second-order valence-corrected chi connectivity index (χ2v) is 5.93. The zero-order valence-electron chi connectivity index (χ0n) is 11.2. The first-order valence-corrected chi connectivity index (χ1v) is 7.20. The number of nitrogens with one attached hydrogen (secondary N) is 1. The van der Waals surface area contributed by atoms with Crippen LogP contribution in [0.15, 0.2) is 29.0 Å². The van der Waals surface area contributed by atoms with Crippen molar-refractivity contribution in [3.63, 3.8) is 0 Å². The molecular weight excluding hydrogens is 272 g/mol. The van der Waals surface area contributed by atoms with E-state index in [1.807, 2.05) is 17.5 Å². The Morgan fingerprint density at radius 1 is 1.55 bits per heavy atom. The molecule has 1 atom stereocenters. The molecule has 0 spiro atoms. The van der Waals surface area contributed by atoms with Crippen LogP contribution in [0.1, 0.15) is 41.8 Å². The lowest BCUT2D eigenvalue weighted by Gasteiger charge is -2.23. The summed E-state index contributed by atoms with van der Waals surface area (Å²) in [4.78, 5) is 1.07. The van der Waals surface area contributed by atoms with E-state index in [2.05, 4.69) is 30.1 Å². The maximum Gasteiger partial charge on any atom is 0.244 e.